The predicted octanol–water partition coefficient (Wildman–Crippen LogP) is 2.61. The van der Waals surface area contributed by atoms with Gasteiger partial charge in [-0.3, -0.25) is 9.59 Å². The van der Waals surface area contributed by atoms with E-state index in [9.17, 15) is 14.7 Å². The number of hydrogen-bond donors (Lipinski definition) is 4. The summed E-state index contributed by atoms with van der Waals surface area (Å²) in [5, 5.41) is 16.7. The fraction of sp³-hybridized carbons (Fsp3) is 0.235. The van der Waals surface area contributed by atoms with Crippen molar-refractivity contribution in [2.24, 2.45) is 5.10 Å². The number of carbonyl (C=O) groups excluding carboxylic acids is 2. The third-order valence-corrected chi connectivity index (χ3v) is 3.31. The van der Waals surface area contributed by atoms with E-state index in [0.29, 0.717) is 29.1 Å². The first-order chi connectivity index (χ1) is 11.5. The maximum atomic E-state index is 11.8. The van der Waals surface area contributed by atoms with Gasteiger partial charge in [0.1, 0.15) is 11.4 Å². The normalized spacial score (nSPS) is 11.2. The molecule has 0 atom stereocenters. The van der Waals surface area contributed by atoms with Crippen LogP contribution >= 0.6 is 0 Å². The Morgan fingerprint density at radius 1 is 1.29 bits per heavy atom. The maximum absolute atomic E-state index is 11.8. The molecule has 7 nitrogen and oxygen atoms in total. The van der Waals surface area contributed by atoms with Crippen LogP contribution in [-0.2, 0) is 4.79 Å². The lowest BCUT2D eigenvalue weighted by Gasteiger charge is -2.09. The lowest BCUT2D eigenvalue weighted by atomic mass is 10.1. The van der Waals surface area contributed by atoms with E-state index in [0.717, 1.165) is 6.42 Å². The van der Waals surface area contributed by atoms with Gasteiger partial charge in [0.25, 0.3) is 5.91 Å². The molecule has 2 amide bonds. The highest BCUT2D eigenvalue weighted by Gasteiger charge is 2.10. The Kier molecular flexibility index (Phi) is 5.73. The van der Waals surface area contributed by atoms with Crippen molar-refractivity contribution in [1.82, 2.24) is 10.4 Å². The Morgan fingerprint density at radius 3 is 2.75 bits per heavy atom. The number of rotatable bonds is 6. The molecule has 0 aliphatic heterocycles. The van der Waals surface area contributed by atoms with Gasteiger partial charge in [-0.15, -0.1) is 0 Å². The number of phenolic OH excluding ortho intramolecular Hbond substituents is 1. The fourth-order valence-electron chi connectivity index (χ4n) is 2.08. The highest BCUT2D eigenvalue weighted by Crippen LogP contribution is 2.22. The summed E-state index contributed by atoms with van der Waals surface area (Å²) in [7, 11) is 0. The minimum atomic E-state index is -0.383. The summed E-state index contributed by atoms with van der Waals surface area (Å²) in [6.45, 7) is 3.58. The summed E-state index contributed by atoms with van der Waals surface area (Å²) in [5.74, 6) is -0.464. The maximum Gasteiger partial charge on any atom is 0.287 e. The molecule has 0 aliphatic rings. The number of anilines is 1. The zero-order valence-electron chi connectivity index (χ0n) is 13.6. The second-order valence-electron chi connectivity index (χ2n) is 5.25. The van der Waals surface area contributed by atoms with E-state index in [1.54, 1.807) is 37.4 Å². The van der Waals surface area contributed by atoms with E-state index < -0.39 is 0 Å². The average Bonchev–Trinajstić information content (AvgIpc) is 3.09. The number of aromatic amines is 1. The summed E-state index contributed by atoms with van der Waals surface area (Å²) in [6.07, 6.45) is 2.82. The topological polar surface area (TPSA) is 107 Å². The second-order valence-corrected chi connectivity index (χ2v) is 5.25. The molecule has 1 aromatic heterocycles. The van der Waals surface area contributed by atoms with Crippen LogP contribution in [0.2, 0.25) is 0 Å². The average molecular weight is 328 g/mol. The second kappa shape index (κ2) is 7.96. The van der Waals surface area contributed by atoms with Gasteiger partial charge in [0.15, 0.2) is 0 Å². The molecule has 0 aliphatic carbocycles. The molecule has 0 unspecified atom stereocenters. The first-order valence-electron chi connectivity index (χ1n) is 7.62. The van der Waals surface area contributed by atoms with E-state index in [2.05, 4.69) is 20.8 Å². The van der Waals surface area contributed by atoms with Crippen LogP contribution < -0.4 is 10.7 Å². The van der Waals surface area contributed by atoms with Crippen molar-refractivity contribution in [3.05, 3.63) is 47.8 Å². The number of carbonyl (C=O) groups is 2. The molecule has 0 saturated carbocycles. The molecule has 126 valence electrons. The summed E-state index contributed by atoms with van der Waals surface area (Å²) in [5.41, 5.74) is 4.20. The molecule has 24 heavy (non-hydrogen) atoms. The van der Waals surface area contributed by atoms with E-state index in [-0.39, 0.29) is 17.6 Å². The predicted molar refractivity (Wildman–Crippen MR) is 92.1 cm³/mol. The number of phenols is 1. The Hall–Kier alpha value is -3.09. The molecular weight excluding hydrogens is 308 g/mol. The first kappa shape index (κ1) is 17.3. The molecule has 2 rings (SSSR count). The Morgan fingerprint density at radius 2 is 2.08 bits per heavy atom. The molecule has 0 saturated heterocycles. The molecule has 0 fully saturated rings. The van der Waals surface area contributed by atoms with Gasteiger partial charge >= 0.3 is 0 Å². The quantitative estimate of drug-likeness (QED) is 0.372. The Labute approximate surface area is 139 Å². The molecule has 0 radical (unpaired) electrons. The summed E-state index contributed by atoms with van der Waals surface area (Å²) >= 11 is 0. The highest BCUT2D eigenvalue weighted by molar-refractivity contribution is 6.03. The van der Waals surface area contributed by atoms with E-state index in [1.165, 1.54) is 6.07 Å². The monoisotopic (exact) mass is 328 g/mol. The summed E-state index contributed by atoms with van der Waals surface area (Å²) in [4.78, 5) is 26.3. The number of benzene rings is 1. The fourth-order valence-corrected chi connectivity index (χ4v) is 2.08. The van der Waals surface area contributed by atoms with Crippen molar-refractivity contribution in [2.75, 3.05) is 5.32 Å². The molecule has 4 N–H and O–H groups in total. The number of H-pyrrole nitrogens is 1. The third-order valence-electron chi connectivity index (χ3n) is 3.31. The molecule has 2 aromatic rings. The van der Waals surface area contributed by atoms with E-state index >= 15 is 0 Å². The van der Waals surface area contributed by atoms with Crippen molar-refractivity contribution >= 4 is 23.2 Å². The molecule has 1 aromatic carbocycles. The SMILES string of the molecule is CCCC(=O)Nc1ccc(O)c(/C(C)=N/NC(=O)c2ccc[nH]2)c1. The number of nitrogens with zero attached hydrogens (tertiary/aromatic N) is 1. The van der Waals surface area contributed by atoms with Crippen LogP contribution in [0.1, 0.15) is 42.7 Å². The van der Waals surface area contributed by atoms with E-state index in [1.807, 2.05) is 6.92 Å². The zero-order valence-corrected chi connectivity index (χ0v) is 13.6. The lowest BCUT2D eigenvalue weighted by Crippen LogP contribution is -2.19. The first-order valence-corrected chi connectivity index (χ1v) is 7.62. The van der Waals surface area contributed by atoms with Gasteiger partial charge in [0.2, 0.25) is 5.91 Å². The highest BCUT2D eigenvalue weighted by atomic mass is 16.3. The number of hydrogen-bond acceptors (Lipinski definition) is 4. The minimum Gasteiger partial charge on any atom is -0.507 e. The molecule has 7 heteroatoms. The third kappa shape index (κ3) is 4.45. The van der Waals surface area contributed by atoms with Crippen LogP contribution in [0, 0.1) is 0 Å². The van der Waals surface area contributed by atoms with Gasteiger partial charge in [-0.1, -0.05) is 6.92 Å². The van der Waals surface area contributed by atoms with Gasteiger partial charge < -0.3 is 15.4 Å². The lowest BCUT2D eigenvalue weighted by molar-refractivity contribution is -0.116. The van der Waals surface area contributed by atoms with Crippen molar-refractivity contribution in [3.8, 4) is 5.75 Å². The number of amides is 2. The van der Waals surface area contributed by atoms with Gasteiger partial charge in [-0.25, -0.2) is 5.43 Å². The number of aromatic hydroxyl groups is 1. The smallest absolute Gasteiger partial charge is 0.287 e. The van der Waals surface area contributed by atoms with Gasteiger partial charge in [0, 0.05) is 23.9 Å². The summed E-state index contributed by atoms with van der Waals surface area (Å²) in [6, 6.07) is 8.03. The Balaban J connectivity index is 2.12. The van der Waals surface area contributed by atoms with Crippen molar-refractivity contribution < 1.29 is 14.7 Å². The van der Waals surface area contributed by atoms with Crippen LogP contribution in [0.4, 0.5) is 5.69 Å². The molecule has 0 bridgehead atoms. The standard InChI is InChI=1S/C17H20N4O3/c1-3-5-16(23)19-12-7-8-15(22)13(10-12)11(2)20-21-17(24)14-6-4-9-18-14/h4,6-10,18,22H,3,5H2,1-2H3,(H,19,23)(H,21,24)/b20-11+. The van der Waals surface area contributed by atoms with Crippen LogP contribution in [0.15, 0.2) is 41.6 Å². The minimum absolute atomic E-state index is 0.0128. The van der Waals surface area contributed by atoms with Crippen LogP contribution in [0.5, 0.6) is 5.75 Å². The Bertz CT molecular complexity index is 751. The van der Waals surface area contributed by atoms with Crippen LogP contribution in [0.3, 0.4) is 0 Å². The molecule has 1 heterocycles. The number of nitrogens with one attached hydrogen (secondary N) is 3. The molecular formula is C17H20N4O3. The van der Waals surface area contributed by atoms with Gasteiger partial charge in [-0.2, -0.15) is 5.10 Å². The molecule has 0 spiro atoms. The largest absolute Gasteiger partial charge is 0.507 e. The number of hydrazone groups is 1. The van der Waals surface area contributed by atoms with Crippen LogP contribution in [0.25, 0.3) is 0 Å². The van der Waals surface area contributed by atoms with Gasteiger partial charge in [-0.05, 0) is 43.7 Å². The summed E-state index contributed by atoms with van der Waals surface area (Å²) < 4.78 is 0. The van der Waals surface area contributed by atoms with Crippen molar-refractivity contribution in [2.45, 2.75) is 26.7 Å². The van der Waals surface area contributed by atoms with E-state index in [4.69, 9.17) is 0 Å². The number of aromatic nitrogens is 1. The zero-order chi connectivity index (χ0) is 17.5. The van der Waals surface area contributed by atoms with Crippen LogP contribution in [-0.4, -0.2) is 27.6 Å². The van der Waals surface area contributed by atoms with Crippen molar-refractivity contribution in [1.29, 1.82) is 0 Å². The van der Waals surface area contributed by atoms with Crippen molar-refractivity contribution in [3.63, 3.8) is 0 Å². The van der Waals surface area contributed by atoms with Gasteiger partial charge in [0.05, 0.1) is 5.71 Å².